The molecule has 31 heavy (non-hydrogen) atoms. The number of anilines is 1. The maximum atomic E-state index is 13.4. The van der Waals surface area contributed by atoms with Crippen LogP contribution in [0.3, 0.4) is 0 Å². The number of nitrogens with zero attached hydrogens (tertiary/aromatic N) is 2. The number of benzene rings is 2. The summed E-state index contributed by atoms with van der Waals surface area (Å²) in [6.07, 6.45) is 3.86. The Hall–Kier alpha value is -3.03. The van der Waals surface area contributed by atoms with Crippen molar-refractivity contribution in [1.29, 1.82) is 0 Å². The summed E-state index contributed by atoms with van der Waals surface area (Å²) in [7, 11) is -3.83. The number of primary sulfonamides is 1. The number of pyridine rings is 1. The Balaban J connectivity index is 1.42. The lowest BCUT2D eigenvalue weighted by Gasteiger charge is -2.22. The van der Waals surface area contributed by atoms with Crippen molar-refractivity contribution < 1.29 is 13.2 Å². The quantitative estimate of drug-likeness (QED) is 0.687. The Morgan fingerprint density at radius 2 is 1.90 bits per heavy atom. The van der Waals surface area contributed by atoms with Crippen LogP contribution in [0, 0.1) is 12.8 Å². The van der Waals surface area contributed by atoms with Gasteiger partial charge in [0, 0.05) is 29.9 Å². The van der Waals surface area contributed by atoms with Crippen molar-refractivity contribution in [1.82, 2.24) is 4.98 Å². The first-order valence-electron chi connectivity index (χ1n) is 10.3. The molecule has 5 rings (SSSR count). The van der Waals surface area contributed by atoms with Crippen LogP contribution in [-0.4, -0.2) is 25.9 Å². The number of amides is 1. The SMILES string of the molecule is Cc1cc(S(N)(=O)=O)cc2c1CCN2C(=O)C1Cc2ccc(-c3ccccn3)cc2C1. The number of nitrogens with two attached hydrogens (primary N) is 1. The van der Waals surface area contributed by atoms with Gasteiger partial charge in [0.05, 0.1) is 10.6 Å². The molecule has 1 unspecified atom stereocenters. The fourth-order valence-electron chi connectivity index (χ4n) is 4.78. The largest absolute Gasteiger partial charge is 0.312 e. The number of aromatic nitrogens is 1. The number of rotatable bonds is 3. The van der Waals surface area contributed by atoms with Gasteiger partial charge in [0.2, 0.25) is 15.9 Å². The summed E-state index contributed by atoms with van der Waals surface area (Å²) in [6.45, 7) is 2.43. The Bertz CT molecular complexity index is 1300. The second-order valence-corrected chi connectivity index (χ2v) is 9.89. The minimum Gasteiger partial charge on any atom is -0.312 e. The number of fused-ring (bicyclic) bond motifs is 2. The van der Waals surface area contributed by atoms with Crippen LogP contribution in [0.5, 0.6) is 0 Å². The molecule has 6 nitrogen and oxygen atoms in total. The topological polar surface area (TPSA) is 93.4 Å². The van der Waals surface area contributed by atoms with Gasteiger partial charge in [-0.3, -0.25) is 9.78 Å². The van der Waals surface area contributed by atoms with Gasteiger partial charge in [0.1, 0.15) is 0 Å². The molecule has 2 aromatic carbocycles. The highest BCUT2D eigenvalue weighted by atomic mass is 32.2. The zero-order valence-electron chi connectivity index (χ0n) is 17.2. The summed E-state index contributed by atoms with van der Waals surface area (Å²) in [5.41, 5.74) is 6.88. The van der Waals surface area contributed by atoms with Crippen molar-refractivity contribution in [2.75, 3.05) is 11.4 Å². The fraction of sp³-hybridized carbons (Fsp3) is 0.250. The van der Waals surface area contributed by atoms with Crippen molar-refractivity contribution >= 4 is 21.6 Å². The van der Waals surface area contributed by atoms with E-state index in [1.165, 1.54) is 11.1 Å². The zero-order valence-corrected chi connectivity index (χ0v) is 18.0. The van der Waals surface area contributed by atoms with Gasteiger partial charge < -0.3 is 4.90 Å². The lowest BCUT2D eigenvalue weighted by atomic mass is 10.0. The molecule has 1 aromatic heterocycles. The number of hydrogen-bond donors (Lipinski definition) is 1. The second kappa shape index (κ2) is 7.28. The smallest absolute Gasteiger partial charge is 0.238 e. The fourth-order valence-corrected chi connectivity index (χ4v) is 5.39. The van der Waals surface area contributed by atoms with E-state index in [0.717, 1.165) is 28.8 Å². The normalized spacial score (nSPS) is 17.5. The summed E-state index contributed by atoms with van der Waals surface area (Å²) in [5.74, 6) is -0.112. The summed E-state index contributed by atoms with van der Waals surface area (Å²) < 4.78 is 23.8. The van der Waals surface area contributed by atoms with Crippen LogP contribution >= 0.6 is 0 Å². The number of carbonyl (C=O) groups excluding carboxylic acids is 1. The highest BCUT2D eigenvalue weighted by molar-refractivity contribution is 7.89. The first kappa shape index (κ1) is 19.9. The third-order valence-electron chi connectivity index (χ3n) is 6.34. The maximum absolute atomic E-state index is 13.4. The highest BCUT2D eigenvalue weighted by Crippen LogP contribution is 2.37. The number of aryl methyl sites for hydroxylation is 1. The van der Waals surface area contributed by atoms with Crippen LogP contribution in [0.4, 0.5) is 5.69 Å². The van der Waals surface area contributed by atoms with Crippen molar-refractivity contribution in [3.63, 3.8) is 0 Å². The molecule has 0 radical (unpaired) electrons. The van der Waals surface area contributed by atoms with Gasteiger partial charge in [-0.2, -0.15) is 0 Å². The molecule has 158 valence electrons. The Morgan fingerprint density at radius 1 is 1.10 bits per heavy atom. The van der Waals surface area contributed by atoms with E-state index in [0.29, 0.717) is 25.1 Å². The minimum atomic E-state index is -3.83. The second-order valence-electron chi connectivity index (χ2n) is 8.33. The van der Waals surface area contributed by atoms with Gasteiger partial charge >= 0.3 is 0 Å². The number of carbonyl (C=O) groups is 1. The van der Waals surface area contributed by atoms with Crippen LogP contribution in [0.15, 0.2) is 59.6 Å². The molecule has 1 aliphatic carbocycles. The predicted molar refractivity (Wildman–Crippen MR) is 119 cm³/mol. The van der Waals surface area contributed by atoms with Crippen molar-refractivity contribution in [3.05, 3.63) is 77.0 Å². The van der Waals surface area contributed by atoms with E-state index >= 15 is 0 Å². The van der Waals surface area contributed by atoms with E-state index in [4.69, 9.17) is 5.14 Å². The van der Waals surface area contributed by atoms with E-state index in [1.807, 2.05) is 25.1 Å². The van der Waals surface area contributed by atoms with E-state index in [1.54, 1.807) is 23.2 Å². The average molecular weight is 434 g/mol. The average Bonchev–Trinajstić information content (AvgIpc) is 3.37. The molecule has 2 aliphatic rings. The van der Waals surface area contributed by atoms with E-state index in [2.05, 4.69) is 23.2 Å². The van der Waals surface area contributed by atoms with Crippen molar-refractivity contribution in [2.45, 2.75) is 31.1 Å². The molecule has 1 aliphatic heterocycles. The summed E-state index contributed by atoms with van der Waals surface area (Å²) in [5, 5.41) is 5.35. The van der Waals surface area contributed by atoms with E-state index in [-0.39, 0.29) is 16.7 Å². The summed E-state index contributed by atoms with van der Waals surface area (Å²) >= 11 is 0. The Labute approximate surface area is 181 Å². The lowest BCUT2D eigenvalue weighted by molar-refractivity contribution is -0.122. The molecule has 1 atom stereocenters. The van der Waals surface area contributed by atoms with Crippen LogP contribution < -0.4 is 10.0 Å². The first-order chi connectivity index (χ1) is 14.8. The predicted octanol–water partition coefficient (Wildman–Crippen LogP) is 3.01. The van der Waals surface area contributed by atoms with E-state index < -0.39 is 10.0 Å². The Kier molecular flexibility index (Phi) is 4.68. The molecule has 0 bridgehead atoms. The lowest BCUT2D eigenvalue weighted by Crippen LogP contribution is -2.35. The van der Waals surface area contributed by atoms with Gasteiger partial charge in [-0.05, 0) is 78.8 Å². The molecule has 7 heteroatoms. The molecule has 0 saturated heterocycles. The highest BCUT2D eigenvalue weighted by Gasteiger charge is 2.35. The number of hydrogen-bond acceptors (Lipinski definition) is 4. The third-order valence-corrected chi connectivity index (χ3v) is 7.24. The molecule has 1 amide bonds. The molecule has 0 saturated carbocycles. The third kappa shape index (κ3) is 3.54. The zero-order chi connectivity index (χ0) is 21.8. The molecular weight excluding hydrogens is 410 g/mol. The molecular formula is C24H23N3O3S. The van der Waals surface area contributed by atoms with Crippen LogP contribution in [-0.2, 0) is 34.1 Å². The van der Waals surface area contributed by atoms with Gasteiger partial charge in [0.15, 0.2) is 0 Å². The van der Waals surface area contributed by atoms with Crippen LogP contribution in [0.2, 0.25) is 0 Å². The van der Waals surface area contributed by atoms with Gasteiger partial charge in [-0.25, -0.2) is 13.6 Å². The van der Waals surface area contributed by atoms with Gasteiger partial charge in [0.25, 0.3) is 0 Å². The Morgan fingerprint density at radius 3 is 2.65 bits per heavy atom. The number of sulfonamides is 1. The maximum Gasteiger partial charge on any atom is 0.238 e. The van der Waals surface area contributed by atoms with Crippen molar-refractivity contribution in [2.24, 2.45) is 11.1 Å². The summed E-state index contributed by atoms with van der Waals surface area (Å²) in [4.78, 5) is 19.7. The van der Waals surface area contributed by atoms with Crippen molar-refractivity contribution in [3.8, 4) is 11.3 Å². The van der Waals surface area contributed by atoms with E-state index in [9.17, 15) is 13.2 Å². The molecule has 0 fully saturated rings. The standard InChI is InChI=1S/C24H23N3O3S/c1-15-10-20(31(25,29)30)14-23-21(15)7-9-27(23)24(28)19-11-16-5-6-17(12-18(16)13-19)22-4-2-3-8-26-22/h2-6,8,10,12,14,19H,7,9,11,13H2,1H3,(H2,25,29,30). The van der Waals surface area contributed by atoms with Gasteiger partial charge in [-0.1, -0.05) is 18.2 Å². The van der Waals surface area contributed by atoms with Crippen LogP contribution in [0.1, 0.15) is 22.3 Å². The molecule has 3 aromatic rings. The molecule has 0 spiro atoms. The monoisotopic (exact) mass is 433 g/mol. The van der Waals surface area contributed by atoms with Gasteiger partial charge in [-0.15, -0.1) is 0 Å². The summed E-state index contributed by atoms with van der Waals surface area (Å²) in [6, 6.07) is 15.2. The molecule has 2 N–H and O–H groups in total. The minimum absolute atomic E-state index is 0.0419. The van der Waals surface area contributed by atoms with Crippen LogP contribution in [0.25, 0.3) is 11.3 Å². The first-order valence-corrected chi connectivity index (χ1v) is 11.9. The molecule has 2 heterocycles.